The van der Waals surface area contributed by atoms with Gasteiger partial charge >= 0.3 is 0 Å². The summed E-state index contributed by atoms with van der Waals surface area (Å²) >= 11 is 0. The van der Waals surface area contributed by atoms with Crippen molar-refractivity contribution in [1.29, 1.82) is 0 Å². The number of hydrogen-bond acceptors (Lipinski definition) is 2. The molecule has 0 aromatic heterocycles. The van der Waals surface area contributed by atoms with Crippen LogP contribution in [0.1, 0.15) is 30.5 Å². The van der Waals surface area contributed by atoms with Crippen LogP contribution in [0.4, 0.5) is 0 Å². The van der Waals surface area contributed by atoms with Gasteiger partial charge < -0.3 is 4.74 Å². The van der Waals surface area contributed by atoms with E-state index >= 15 is 0 Å². The minimum absolute atomic E-state index is 0.824. The summed E-state index contributed by atoms with van der Waals surface area (Å²) in [5, 5.41) is 0. The Hall–Kier alpha value is -0.860. The lowest BCUT2D eigenvalue weighted by atomic mass is 9.97. The lowest BCUT2D eigenvalue weighted by molar-refractivity contribution is 0.108. The Kier molecular flexibility index (Phi) is 4.57. The average molecular weight is 233 g/mol. The van der Waals surface area contributed by atoms with Crippen LogP contribution in [-0.4, -0.2) is 31.2 Å². The maximum Gasteiger partial charge on any atom is 0.0593 e. The van der Waals surface area contributed by atoms with Crippen molar-refractivity contribution in [2.24, 2.45) is 0 Å². The molecule has 94 valence electrons. The van der Waals surface area contributed by atoms with E-state index in [1.54, 1.807) is 0 Å². The molecule has 0 saturated heterocycles. The van der Waals surface area contributed by atoms with Gasteiger partial charge in [-0.25, -0.2) is 0 Å². The number of rotatable bonds is 5. The highest BCUT2D eigenvalue weighted by molar-refractivity contribution is 5.33. The second-order valence-electron chi connectivity index (χ2n) is 4.68. The minimum atomic E-state index is 0.824. The van der Waals surface area contributed by atoms with Gasteiger partial charge in [-0.05, 0) is 36.5 Å². The maximum absolute atomic E-state index is 5.43. The van der Waals surface area contributed by atoms with Crippen molar-refractivity contribution in [2.45, 2.75) is 33.2 Å². The molecule has 0 spiro atoms. The summed E-state index contributed by atoms with van der Waals surface area (Å²) in [6.07, 6.45) is 2.32. The molecule has 0 bridgehead atoms. The molecule has 0 atom stereocenters. The van der Waals surface area contributed by atoms with Gasteiger partial charge in [0, 0.05) is 26.2 Å². The third kappa shape index (κ3) is 3.30. The lowest BCUT2D eigenvalue weighted by Crippen LogP contribution is -2.33. The van der Waals surface area contributed by atoms with E-state index in [4.69, 9.17) is 4.74 Å². The van der Waals surface area contributed by atoms with E-state index in [0.717, 1.165) is 32.7 Å². The van der Waals surface area contributed by atoms with Crippen LogP contribution in [0.5, 0.6) is 0 Å². The van der Waals surface area contributed by atoms with Gasteiger partial charge in [-0.15, -0.1) is 0 Å². The second kappa shape index (κ2) is 6.18. The third-order valence-electron chi connectivity index (χ3n) is 3.53. The summed E-state index contributed by atoms with van der Waals surface area (Å²) in [7, 11) is 0. The Morgan fingerprint density at radius 2 is 2.12 bits per heavy atom. The molecule has 0 N–H and O–H groups in total. The van der Waals surface area contributed by atoms with Gasteiger partial charge in [0.15, 0.2) is 0 Å². The fourth-order valence-corrected chi connectivity index (χ4v) is 2.42. The van der Waals surface area contributed by atoms with E-state index in [2.05, 4.69) is 36.9 Å². The highest BCUT2D eigenvalue weighted by Gasteiger charge is 2.15. The zero-order valence-corrected chi connectivity index (χ0v) is 11.0. The normalized spacial score (nSPS) is 15.9. The molecular formula is C15H23NO. The molecular weight excluding hydrogens is 210 g/mol. The monoisotopic (exact) mass is 233 g/mol. The second-order valence-corrected chi connectivity index (χ2v) is 4.68. The first-order valence-corrected chi connectivity index (χ1v) is 6.74. The van der Waals surface area contributed by atoms with Crippen molar-refractivity contribution in [2.75, 3.05) is 26.3 Å². The van der Waals surface area contributed by atoms with Crippen LogP contribution in [0.15, 0.2) is 18.2 Å². The molecule has 1 heterocycles. The largest absolute Gasteiger partial charge is 0.380 e. The molecule has 17 heavy (non-hydrogen) atoms. The molecule has 1 aromatic rings. The molecule has 1 aliphatic rings. The number of fused-ring (bicyclic) bond motifs is 1. The minimum Gasteiger partial charge on any atom is -0.380 e. The summed E-state index contributed by atoms with van der Waals surface area (Å²) in [6.45, 7) is 9.28. The molecule has 1 aromatic carbocycles. The van der Waals surface area contributed by atoms with E-state index in [9.17, 15) is 0 Å². The summed E-state index contributed by atoms with van der Waals surface area (Å²) in [6, 6.07) is 6.96. The number of hydrogen-bond donors (Lipinski definition) is 0. The van der Waals surface area contributed by atoms with Crippen LogP contribution in [0.3, 0.4) is 0 Å². The molecule has 0 amide bonds. The number of benzene rings is 1. The Morgan fingerprint density at radius 1 is 1.24 bits per heavy atom. The van der Waals surface area contributed by atoms with Crippen molar-refractivity contribution in [3.63, 3.8) is 0 Å². The first-order valence-electron chi connectivity index (χ1n) is 6.74. The van der Waals surface area contributed by atoms with Crippen molar-refractivity contribution in [1.82, 2.24) is 4.90 Å². The average Bonchev–Trinajstić information content (AvgIpc) is 2.38. The SMILES string of the molecule is CCOCCN1CCc2ccc(CC)cc2C1. The molecule has 0 fully saturated rings. The number of nitrogens with zero attached hydrogens (tertiary/aromatic N) is 1. The standard InChI is InChI=1S/C15H23NO/c1-3-13-5-6-14-7-8-16(9-10-17-4-2)12-15(14)11-13/h5-6,11H,3-4,7-10,12H2,1-2H3. The Bertz CT molecular complexity index is 362. The van der Waals surface area contributed by atoms with Crippen molar-refractivity contribution in [3.05, 3.63) is 34.9 Å². The zero-order valence-electron chi connectivity index (χ0n) is 11.0. The number of aryl methyl sites for hydroxylation is 1. The highest BCUT2D eigenvalue weighted by atomic mass is 16.5. The number of ether oxygens (including phenoxy) is 1. The molecule has 0 aliphatic carbocycles. The molecule has 1 aliphatic heterocycles. The molecule has 2 rings (SSSR count). The van der Waals surface area contributed by atoms with Gasteiger partial charge in [0.2, 0.25) is 0 Å². The maximum atomic E-state index is 5.43. The highest BCUT2D eigenvalue weighted by Crippen LogP contribution is 2.20. The fourth-order valence-electron chi connectivity index (χ4n) is 2.42. The van der Waals surface area contributed by atoms with E-state index in [0.29, 0.717) is 0 Å². The summed E-state index contributed by atoms with van der Waals surface area (Å²) in [5.41, 5.74) is 4.51. The first-order chi connectivity index (χ1) is 8.33. The van der Waals surface area contributed by atoms with Crippen LogP contribution < -0.4 is 0 Å². The summed E-state index contributed by atoms with van der Waals surface area (Å²) < 4.78 is 5.43. The first kappa shape index (κ1) is 12.6. The van der Waals surface area contributed by atoms with Crippen LogP contribution >= 0.6 is 0 Å². The summed E-state index contributed by atoms with van der Waals surface area (Å²) in [5.74, 6) is 0. The Labute approximate surface area is 105 Å². The van der Waals surface area contributed by atoms with Crippen LogP contribution in [0, 0.1) is 0 Å². The lowest BCUT2D eigenvalue weighted by Gasteiger charge is -2.28. The topological polar surface area (TPSA) is 12.5 Å². The Balaban J connectivity index is 1.96. The van der Waals surface area contributed by atoms with Gasteiger partial charge in [0.25, 0.3) is 0 Å². The van der Waals surface area contributed by atoms with Crippen molar-refractivity contribution < 1.29 is 4.74 Å². The third-order valence-corrected chi connectivity index (χ3v) is 3.53. The Morgan fingerprint density at radius 3 is 2.88 bits per heavy atom. The molecule has 0 saturated carbocycles. The van der Waals surface area contributed by atoms with Crippen LogP contribution in [-0.2, 0) is 24.1 Å². The molecule has 2 heteroatoms. The zero-order chi connectivity index (χ0) is 12.1. The predicted octanol–water partition coefficient (Wildman–Crippen LogP) is 2.64. The van der Waals surface area contributed by atoms with E-state index in [-0.39, 0.29) is 0 Å². The van der Waals surface area contributed by atoms with Crippen LogP contribution in [0.2, 0.25) is 0 Å². The van der Waals surface area contributed by atoms with Gasteiger partial charge in [-0.1, -0.05) is 25.1 Å². The molecule has 0 unspecified atom stereocenters. The van der Waals surface area contributed by atoms with Gasteiger partial charge in [-0.3, -0.25) is 4.90 Å². The predicted molar refractivity (Wildman–Crippen MR) is 71.3 cm³/mol. The van der Waals surface area contributed by atoms with Gasteiger partial charge in [0.1, 0.15) is 0 Å². The molecule has 0 radical (unpaired) electrons. The van der Waals surface area contributed by atoms with E-state index < -0.39 is 0 Å². The van der Waals surface area contributed by atoms with Crippen molar-refractivity contribution >= 4 is 0 Å². The quantitative estimate of drug-likeness (QED) is 0.725. The summed E-state index contributed by atoms with van der Waals surface area (Å²) in [4.78, 5) is 2.50. The van der Waals surface area contributed by atoms with Gasteiger partial charge in [0.05, 0.1) is 6.61 Å². The van der Waals surface area contributed by atoms with Gasteiger partial charge in [-0.2, -0.15) is 0 Å². The van der Waals surface area contributed by atoms with Crippen LogP contribution in [0.25, 0.3) is 0 Å². The fraction of sp³-hybridized carbons (Fsp3) is 0.600. The van der Waals surface area contributed by atoms with E-state index in [1.807, 2.05) is 0 Å². The van der Waals surface area contributed by atoms with E-state index in [1.165, 1.54) is 29.7 Å². The molecule has 2 nitrogen and oxygen atoms in total. The smallest absolute Gasteiger partial charge is 0.0593 e. The van der Waals surface area contributed by atoms with Crippen molar-refractivity contribution in [3.8, 4) is 0 Å².